The standard InChI is InChI=1S/C21H28N4O4S/c1-15(21(27)23-19-7-5-17(6-8-19)13-14-25(3)4)24-30(28,29)20-11-9-18(10-12-20)22-16(2)26/h5-12,15,24H,13-14H2,1-4H3,(H,22,26)(H,23,27)/t15-/m0/s1. The third-order valence-electron chi connectivity index (χ3n) is 4.28. The van der Waals surface area contributed by atoms with Crippen LogP contribution in [-0.4, -0.2) is 51.8 Å². The van der Waals surface area contributed by atoms with E-state index in [1.165, 1.54) is 38.1 Å². The maximum Gasteiger partial charge on any atom is 0.242 e. The van der Waals surface area contributed by atoms with Crippen LogP contribution in [0.5, 0.6) is 0 Å². The fourth-order valence-electron chi connectivity index (χ4n) is 2.63. The van der Waals surface area contributed by atoms with Crippen molar-refractivity contribution in [1.29, 1.82) is 0 Å². The van der Waals surface area contributed by atoms with Gasteiger partial charge in [-0.15, -0.1) is 0 Å². The lowest BCUT2D eigenvalue weighted by atomic mass is 10.1. The van der Waals surface area contributed by atoms with Crippen molar-refractivity contribution < 1.29 is 18.0 Å². The Bertz CT molecular complexity index is 971. The zero-order chi connectivity index (χ0) is 22.3. The molecule has 0 bridgehead atoms. The Morgan fingerprint density at radius 3 is 2.00 bits per heavy atom. The summed E-state index contributed by atoms with van der Waals surface area (Å²) in [5, 5.41) is 5.28. The molecule has 0 aliphatic heterocycles. The van der Waals surface area contributed by atoms with Gasteiger partial charge in [0.05, 0.1) is 10.9 Å². The normalized spacial score (nSPS) is 12.4. The van der Waals surface area contributed by atoms with Crippen LogP contribution in [0.25, 0.3) is 0 Å². The van der Waals surface area contributed by atoms with Crippen molar-refractivity contribution in [3.63, 3.8) is 0 Å². The van der Waals surface area contributed by atoms with Crippen LogP contribution in [0.2, 0.25) is 0 Å². The summed E-state index contributed by atoms with van der Waals surface area (Å²) >= 11 is 0. The van der Waals surface area contributed by atoms with E-state index >= 15 is 0 Å². The maximum atomic E-state index is 12.5. The number of amides is 2. The highest BCUT2D eigenvalue weighted by molar-refractivity contribution is 7.89. The molecule has 2 amide bonds. The lowest BCUT2D eigenvalue weighted by Gasteiger charge is -2.15. The van der Waals surface area contributed by atoms with Crippen molar-refractivity contribution in [3.8, 4) is 0 Å². The average molecular weight is 433 g/mol. The van der Waals surface area contributed by atoms with Gasteiger partial charge in [0.2, 0.25) is 21.8 Å². The molecule has 0 spiro atoms. The fraction of sp³-hybridized carbons (Fsp3) is 0.333. The minimum atomic E-state index is -3.89. The van der Waals surface area contributed by atoms with Crippen molar-refractivity contribution in [2.75, 3.05) is 31.3 Å². The molecule has 0 aliphatic carbocycles. The van der Waals surface area contributed by atoms with Gasteiger partial charge in [-0.25, -0.2) is 8.42 Å². The third-order valence-corrected chi connectivity index (χ3v) is 5.84. The fourth-order valence-corrected chi connectivity index (χ4v) is 3.84. The van der Waals surface area contributed by atoms with Crippen molar-refractivity contribution in [2.24, 2.45) is 0 Å². The molecule has 2 aromatic carbocycles. The van der Waals surface area contributed by atoms with Gasteiger partial charge in [0.25, 0.3) is 0 Å². The van der Waals surface area contributed by atoms with Crippen LogP contribution in [0.15, 0.2) is 53.4 Å². The zero-order valence-electron chi connectivity index (χ0n) is 17.6. The van der Waals surface area contributed by atoms with Crippen molar-refractivity contribution >= 4 is 33.2 Å². The minimum absolute atomic E-state index is 0.00139. The van der Waals surface area contributed by atoms with Gasteiger partial charge < -0.3 is 15.5 Å². The molecule has 0 saturated carbocycles. The Hall–Kier alpha value is -2.75. The molecule has 162 valence electrons. The molecular weight excluding hydrogens is 404 g/mol. The molecule has 0 heterocycles. The number of hydrogen-bond acceptors (Lipinski definition) is 5. The summed E-state index contributed by atoms with van der Waals surface area (Å²) < 4.78 is 27.4. The summed E-state index contributed by atoms with van der Waals surface area (Å²) in [7, 11) is 0.124. The summed E-state index contributed by atoms with van der Waals surface area (Å²) in [5.41, 5.74) is 2.23. The second-order valence-electron chi connectivity index (χ2n) is 7.29. The van der Waals surface area contributed by atoms with E-state index in [0.717, 1.165) is 18.5 Å². The highest BCUT2D eigenvalue weighted by atomic mass is 32.2. The first kappa shape index (κ1) is 23.5. The Morgan fingerprint density at radius 2 is 1.47 bits per heavy atom. The molecule has 0 unspecified atom stereocenters. The lowest BCUT2D eigenvalue weighted by Crippen LogP contribution is -2.41. The number of nitrogens with one attached hydrogen (secondary N) is 3. The first-order chi connectivity index (χ1) is 14.1. The monoisotopic (exact) mass is 432 g/mol. The Kier molecular flexibility index (Phi) is 8.10. The predicted molar refractivity (Wildman–Crippen MR) is 118 cm³/mol. The van der Waals surface area contributed by atoms with Gasteiger partial charge in [0.15, 0.2) is 0 Å². The molecule has 9 heteroatoms. The van der Waals surface area contributed by atoms with Gasteiger partial charge >= 0.3 is 0 Å². The topological polar surface area (TPSA) is 108 Å². The van der Waals surface area contributed by atoms with Crippen LogP contribution in [-0.2, 0) is 26.0 Å². The second-order valence-corrected chi connectivity index (χ2v) is 9.00. The highest BCUT2D eigenvalue weighted by Crippen LogP contribution is 2.15. The predicted octanol–water partition coefficient (Wildman–Crippen LogP) is 2.05. The number of carbonyl (C=O) groups excluding carboxylic acids is 2. The van der Waals surface area contributed by atoms with Crippen molar-refractivity contribution in [1.82, 2.24) is 9.62 Å². The maximum absolute atomic E-state index is 12.5. The molecule has 2 rings (SSSR count). The van der Waals surface area contributed by atoms with E-state index in [-0.39, 0.29) is 10.8 Å². The van der Waals surface area contributed by atoms with Gasteiger partial charge in [0.1, 0.15) is 0 Å². The summed E-state index contributed by atoms with van der Waals surface area (Å²) in [5.74, 6) is -0.714. The van der Waals surface area contributed by atoms with Crippen LogP contribution in [0.3, 0.4) is 0 Å². The molecule has 30 heavy (non-hydrogen) atoms. The molecule has 0 aliphatic rings. The molecule has 0 aromatic heterocycles. The van der Waals surface area contributed by atoms with Gasteiger partial charge in [-0.3, -0.25) is 9.59 Å². The molecule has 0 radical (unpaired) electrons. The summed E-state index contributed by atoms with van der Waals surface area (Å²) in [6.07, 6.45) is 0.901. The molecule has 0 saturated heterocycles. The number of benzene rings is 2. The molecule has 2 aromatic rings. The highest BCUT2D eigenvalue weighted by Gasteiger charge is 2.22. The van der Waals surface area contributed by atoms with E-state index in [2.05, 4.69) is 20.3 Å². The lowest BCUT2D eigenvalue weighted by molar-refractivity contribution is -0.117. The van der Waals surface area contributed by atoms with Crippen LogP contribution in [0.4, 0.5) is 11.4 Å². The smallest absolute Gasteiger partial charge is 0.242 e. The van der Waals surface area contributed by atoms with E-state index < -0.39 is 22.0 Å². The second kappa shape index (κ2) is 10.3. The molecule has 8 nitrogen and oxygen atoms in total. The molecule has 1 atom stereocenters. The van der Waals surface area contributed by atoms with E-state index in [9.17, 15) is 18.0 Å². The van der Waals surface area contributed by atoms with Gasteiger partial charge in [-0.05, 0) is 69.4 Å². The van der Waals surface area contributed by atoms with Crippen molar-refractivity contribution in [3.05, 3.63) is 54.1 Å². The van der Waals surface area contributed by atoms with E-state index in [0.29, 0.717) is 11.4 Å². The Labute approximate surface area is 177 Å². The molecule has 3 N–H and O–H groups in total. The Balaban J connectivity index is 1.96. The number of rotatable bonds is 9. The van der Waals surface area contributed by atoms with E-state index in [4.69, 9.17) is 0 Å². The third kappa shape index (κ3) is 7.25. The zero-order valence-corrected chi connectivity index (χ0v) is 18.4. The summed E-state index contributed by atoms with van der Waals surface area (Å²) in [6.45, 7) is 3.77. The molecular formula is C21H28N4O4S. The minimum Gasteiger partial charge on any atom is -0.326 e. The largest absolute Gasteiger partial charge is 0.326 e. The van der Waals surface area contributed by atoms with E-state index in [1.807, 2.05) is 26.2 Å². The van der Waals surface area contributed by atoms with Crippen LogP contribution < -0.4 is 15.4 Å². The van der Waals surface area contributed by atoms with Crippen LogP contribution >= 0.6 is 0 Å². The average Bonchev–Trinajstić information content (AvgIpc) is 2.67. The number of hydrogen-bond donors (Lipinski definition) is 3. The van der Waals surface area contributed by atoms with Crippen LogP contribution in [0, 0.1) is 0 Å². The van der Waals surface area contributed by atoms with E-state index in [1.54, 1.807) is 12.1 Å². The summed E-state index contributed by atoms with van der Waals surface area (Å²) in [6, 6.07) is 12.2. The number of nitrogens with zero attached hydrogens (tertiary/aromatic N) is 1. The number of sulfonamides is 1. The Morgan fingerprint density at radius 1 is 0.933 bits per heavy atom. The van der Waals surface area contributed by atoms with Crippen LogP contribution in [0.1, 0.15) is 19.4 Å². The van der Waals surface area contributed by atoms with Crippen molar-refractivity contribution in [2.45, 2.75) is 31.2 Å². The molecule has 0 fully saturated rings. The van der Waals surface area contributed by atoms with Gasteiger partial charge in [-0.1, -0.05) is 12.1 Å². The number of likely N-dealkylation sites (N-methyl/N-ethyl adjacent to an activating group) is 1. The van der Waals surface area contributed by atoms with Gasteiger partial charge in [-0.2, -0.15) is 4.72 Å². The number of carbonyl (C=O) groups is 2. The quantitative estimate of drug-likeness (QED) is 0.562. The van der Waals surface area contributed by atoms with Gasteiger partial charge in [0, 0.05) is 24.8 Å². The number of anilines is 2. The first-order valence-corrected chi connectivity index (χ1v) is 11.0. The SMILES string of the molecule is CC(=O)Nc1ccc(S(=O)(=O)N[C@@H](C)C(=O)Nc2ccc(CCN(C)C)cc2)cc1. The summed E-state index contributed by atoms with van der Waals surface area (Å²) in [4.78, 5) is 25.6. The first-order valence-electron chi connectivity index (χ1n) is 9.51.